The molecule has 5 heteroatoms. The number of hydrogen-bond acceptors (Lipinski definition) is 5. The molecule has 0 atom stereocenters. The molecule has 0 rings (SSSR count). The van der Waals surface area contributed by atoms with E-state index in [-0.39, 0.29) is 6.61 Å². The van der Waals surface area contributed by atoms with Gasteiger partial charge in [-0.05, 0) is 6.42 Å². The van der Waals surface area contributed by atoms with Crippen molar-refractivity contribution in [3.63, 3.8) is 0 Å². The predicted octanol–water partition coefficient (Wildman–Crippen LogP) is 1.98. The van der Waals surface area contributed by atoms with E-state index in [1.807, 2.05) is 6.92 Å². The second kappa shape index (κ2) is 8.47. The molecule has 0 aromatic heterocycles. The highest BCUT2D eigenvalue weighted by Gasteiger charge is 2.37. The fraction of sp³-hybridized carbons (Fsp3) is 0.538. The van der Waals surface area contributed by atoms with E-state index < -0.39 is 17.7 Å². The van der Waals surface area contributed by atoms with Crippen molar-refractivity contribution in [3.8, 4) is 0 Å². The van der Waals surface area contributed by atoms with Gasteiger partial charge in [0, 0.05) is 25.7 Å². The van der Waals surface area contributed by atoms with Gasteiger partial charge < -0.3 is 14.2 Å². The first-order valence-corrected chi connectivity index (χ1v) is 5.73. The average Bonchev–Trinajstić information content (AvgIpc) is 2.36. The van der Waals surface area contributed by atoms with Crippen LogP contribution in [0, 0.1) is 0 Å². The lowest BCUT2D eigenvalue weighted by Crippen LogP contribution is -2.43. The summed E-state index contributed by atoms with van der Waals surface area (Å²) in [5, 5.41) is 0. The van der Waals surface area contributed by atoms with Crippen LogP contribution in [0.1, 0.15) is 26.2 Å². The molecule has 18 heavy (non-hydrogen) atoms. The van der Waals surface area contributed by atoms with E-state index in [4.69, 9.17) is 14.2 Å². The highest BCUT2D eigenvalue weighted by molar-refractivity contribution is 5.83. The van der Waals surface area contributed by atoms with Gasteiger partial charge in [0.2, 0.25) is 0 Å². The summed E-state index contributed by atoms with van der Waals surface area (Å²) < 4.78 is 15.2. The molecule has 0 unspecified atom stereocenters. The van der Waals surface area contributed by atoms with E-state index in [0.29, 0.717) is 6.42 Å². The van der Waals surface area contributed by atoms with E-state index in [2.05, 4.69) is 13.2 Å². The highest BCUT2D eigenvalue weighted by Crippen LogP contribution is 2.23. The largest absolute Gasteiger partial charge is 0.417 e. The van der Waals surface area contributed by atoms with Crippen molar-refractivity contribution in [2.45, 2.75) is 32.0 Å². The molecule has 0 aliphatic carbocycles. The lowest BCUT2D eigenvalue weighted by Gasteiger charge is -2.31. The molecule has 0 heterocycles. The van der Waals surface area contributed by atoms with Crippen molar-refractivity contribution in [1.82, 2.24) is 0 Å². The predicted molar refractivity (Wildman–Crippen MR) is 66.7 cm³/mol. The number of ether oxygens (including phenoxy) is 3. The lowest BCUT2D eigenvalue weighted by atomic mass is 10.1. The molecule has 0 aromatic rings. The number of hydrogen-bond donors (Lipinski definition) is 0. The monoisotopic (exact) mass is 256 g/mol. The SMILES string of the molecule is C=CC(=O)OC(CCCC)(COC)OC(=O)C=C. The van der Waals surface area contributed by atoms with Crippen LogP contribution < -0.4 is 0 Å². The van der Waals surface area contributed by atoms with Gasteiger partial charge in [0.25, 0.3) is 5.79 Å². The summed E-state index contributed by atoms with van der Waals surface area (Å²) in [5.74, 6) is -2.75. The maximum Gasteiger partial charge on any atom is 0.333 e. The number of unbranched alkanes of at least 4 members (excludes halogenated alkanes) is 1. The van der Waals surface area contributed by atoms with Crippen LogP contribution in [0.5, 0.6) is 0 Å². The van der Waals surface area contributed by atoms with E-state index in [0.717, 1.165) is 25.0 Å². The van der Waals surface area contributed by atoms with E-state index >= 15 is 0 Å². The van der Waals surface area contributed by atoms with Crippen molar-refractivity contribution in [2.75, 3.05) is 13.7 Å². The zero-order valence-corrected chi connectivity index (χ0v) is 10.9. The molecule has 0 N–H and O–H groups in total. The van der Waals surface area contributed by atoms with E-state index in [9.17, 15) is 9.59 Å². The van der Waals surface area contributed by atoms with Gasteiger partial charge >= 0.3 is 11.9 Å². The Hall–Kier alpha value is -1.62. The molecule has 0 aliphatic rings. The topological polar surface area (TPSA) is 61.8 Å². The summed E-state index contributed by atoms with van der Waals surface area (Å²) in [5.41, 5.74) is 0. The normalized spacial score (nSPS) is 10.6. The minimum Gasteiger partial charge on any atom is -0.417 e. The quantitative estimate of drug-likeness (QED) is 0.358. The van der Waals surface area contributed by atoms with Crippen LogP contribution in [-0.2, 0) is 23.8 Å². The second-order valence-electron chi connectivity index (χ2n) is 3.70. The minimum atomic E-state index is -1.42. The Bertz CT molecular complexity index is 287. The summed E-state index contributed by atoms with van der Waals surface area (Å²) in [7, 11) is 1.43. The van der Waals surface area contributed by atoms with Crippen LogP contribution in [-0.4, -0.2) is 31.4 Å². The van der Waals surface area contributed by atoms with Crippen LogP contribution in [0.4, 0.5) is 0 Å². The fourth-order valence-corrected chi connectivity index (χ4v) is 1.37. The Kier molecular flexibility index (Phi) is 7.71. The van der Waals surface area contributed by atoms with Crippen LogP contribution in [0.3, 0.4) is 0 Å². The molecule has 0 radical (unpaired) electrons. The Labute approximate surface area is 107 Å². The van der Waals surface area contributed by atoms with Gasteiger partial charge in [0.1, 0.15) is 6.61 Å². The summed E-state index contributed by atoms with van der Waals surface area (Å²) in [4.78, 5) is 22.6. The summed E-state index contributed by atoms with van der Waals surface area (Å²) in [6.07, 6.45) is 3.97. The standard InChI is InChI=1S/C13H20O5/c1-5-8-9-13(10-16-4,17-11(14)6-2)18-12(15)7-3/h6-7H,2-3,5,8-10H2,1,4H3. The molecule has 0 saturated heterocycles. The minimum absolute atomic E-state index is 0.0356. The highest BCUT2D eigenvalue weighted by atomic mass is 16.7. The second-order valence-corrected chi connectivity index (χ2v) is 3.70. The van der Waals surface area contributed by atoms with Crippen LogP contribution in [0.15, 0.2) is 25.3 Å². The molecule has 0 spiro atoms. The van der Waals surface area contributed by atoms with Crippen LogP contribution >= 0.6 is 0 Å². The van der Waals surface area contributed by atoms with E-state index in [1.54, 1.807) is 0 Å². The number of carbonyl (C=O) groups excluding carboxylic acids is 2. The Balaban J connectivity index is 4.97. The van der Waals surface area contributed by atoms with Gasteiger partial charge in [-0.2, -0.15) is 0 Å². The zero-order chi connectivity index (χ0) is 14.0. The molecule has 0 aliphatic heterocycles. The van der Waals surface area contributed by atoms with Crippen LogP contribution in [0.25, 0.3) is 0 Å². The molecule has 5 nitrogen and oxygen atoms in total. The fourth-order valence-electron chi connectivity index (χ4n) is 1.37. The molecule has 0 saturated carbocycles. The van der Waals surface area contributed by atoms with Crippen molar-refractivity contribution >= 4 is 11.9 Å². The number of rotatable bonds is 9. The Morgan fingerprint density at radius 2 is 1.67 bits per heavy atom. The maximum atomic E-state index is 11.3. The molecule has 0 fully saturated rings. The van der Waals surface area contributed by atoms with Gasteiger partial charge in [0.15, 0.2) is 0 Å². The Morgan fingerprint density at radius 1 is 1.17 bits per heavy atom. The van der Waals surface area contributed by atoms with Gasteiger partial charge in [0.05, 0.1) is 0 Å². The van der Waals surface area contributed by atoms with Crippen molar-refractivity contribution < 1.29 is 23.8 Å². The molecule has 102 valence electrons. The molecule has 0 bridgehead atoms. The van der Waals surface area contributed by atoms with Gasteiger partial charge in [-0.25, -0.2) is 9.59 Å². The van der Waals surface area contributed by atoms with Crippen LogP contribution in [0.2, 0.25) is 0 Å². The number of esters is 2. The van der Waals surface area contributed by atoms with Crippen molar-refractivity contribution in [2.24, 2.45) is 0 Å². The van der Waals surface area contributed by atoms with Crippen molar-refractivity contribution in [3.05, 3.63) is 25.3 Å². The summed E-state index contributed by atoms with van der Waals surface area (Å²) in [6, 6.07) is 0. The third-order valence-electron chi connectivity index (χ3n) is 2.18. The number of methoxy groups -OCH3 is 1. The maximum absolute atomic E-state index is 11.3. The zero-order valence-electron chi connectivity index (χ0n) is 10.9. The van der Waals surface area contributed by atoms with Crippen molar-refractivity contribution in [1.29, 1.82) is 0 Å². The first-order valence-electron chi connectivity index (χ1n) is 5.73. The smallest absolute Gasteiger partial charge is 0.333 e. The first kappa shape index (κ1) is 16.4. The van der Waals surface area contributed by atoms with Gasteiger partial charge in [-0.3, -0.25) is 0 Å². The average molecular weight is 256 g/mol. The molecular weight excluding hydrogens is 236 g/mol. The molecule has 0 aromatic carbocycles. The van der Waals surface area contributed by atoms with Gasteiger partial charge in [-0.1, -0.05) is 26.5 Å². The Morgan fingerprint density at radius 3 is 2.00 bits per heavy atom. The van der Waals surface area contributed by atoms with Gasteiger partial charge in [-0.15, -0.1) is 0 Å². The summed E-state index contributed by atoms with van der Waals surface area (Å²) in [6.45, 7) is 8.56. The lowest BCUT2D eigenvalue weighted by molar-refractivity contribution is -0.239. The van der Waals surface area contributed by atoms with E-state index in [1.165, 1.54) is 7.11 Å². The molecular formula is C13H20O5. The third-order valence-corrected chi connectivity index (χ3v) is 2.18. The third kappa shape index (κ3) is 5.63. The first-order chi connectivity index (χ1) is 8.53. The summed E-state index contributed by atoms with van der Waals surface area (Å²) >= 11 is 0. The molecule has 0 amide bonds. The number of carbonyl (C=O) groups is 2.